The third-order valence-corrected chi connectivity index (χ3v) is 21.5. The lowest BCUT2D eigenvalue weighted by molar-refractivity contribution is -0.379. The van der Waals surface area contributed by atoms with E-state index in [0.29, 0.717) is 12.8 Å². The molecule has 3 heterocycles. The summed E-state index contributed by atoms with van der Waals surface area (Å²) >= 11 is 0. The zero-order valence-corrected chi connectivity index (χ0v) is 66.7. The van der Waals surface area contributed by atoms with Crippen LogP contribution in [0.2, 0.25) is 0 Å². The molecular weight excluding hydrogens is 1350 g/mol. The monoisotopic (exact) mass is 1510 g/mol. The minimum absolute atomic E-state index is 0.234. The molecule has 3 fully saturated rings. The van der Waals surface area contributed by atoms with Gasteiger partial charge in [-0.15, -0.1) is 0 Å². The Labute approximate surface area is 643 Å². The zero-order chi connectivity index (χ0) is 76.7. The van der Waals surface area contributed by atoms with Crippen molar-refractivity contribution in [2.45, 2.75) is 458 Å². The number of unbranched alkanes of at least 4 members (excludes halogenated alkanes) is 46. The molecule has 12 N–H and O–H groups in total. The molecule has 3 rings (SSSR count). The van der Waals surface area contributed by atoms with Crippen LogP contribution in [-0.4, -0.2) is 193 Å². The van der Waals surface area contributed by atoms with Crippen molar-refractivity contribution in [3.63, 3.8) is 0 Å². The van der Waals surface area contributed by atoms with E-state index in [4.69, 9.17) is 28.4 Å². The van der Waals surface area contributed by atoms with E-state index in [1.807, 2.05) is 6.08 Å². The molecule has 1 amide bonds. The summed E-state index contributed by atoms with van der Waals surface area (Å²) in [6, 6.07) is -0.999. The summed E-state index contributed by atoms with van der Waals surface area (Å²) in [6.45, 7) is 1.75. The Hall–Kier alpha value is -2.51. The molecule has 19 nitrogen and oxygen atoms in total. The van der Waals surface area contributed by atoms with E-state index in [1.165, 1.54) is 270 Å². The van der Waals surface area contributed by atoms with E-state index in [1.54, 1.807) is 6.08 Å². The minimum atomic E-state index is -1.98. The molecule has 0 bridgehead atoms. The first kappa shape index (κ1) is 97.7. The number of amides is 1. The lowest BCUT2D eigenvalue weighted by Crippen LogP contribution is -2.66. The maximum Gasteiger partial charge on any atom is 0.220 e. The molecule has 0 aliphatic carbocycles. The van der Waals surface area contributed by atoms with Gasteiger partial charge < -0.3 is 89.9 Å². The second-order valence-corrected chi connectivity index (χ2v) is 31.0. The summed E-state index contributed by atoms with van der Waals surface area (Å²) in [6.07, 6.45) is 60.9. The van der Waals surface area contributed by atoms with E-state index < -0.39 is 124 Å². The molecule has 3 saturated heterocycles. The van der Waals surface area contributed by atoms with Crippen LogP contribution in [0.1, 0.15) is 354 Å². The maximum atomic E-state index is 13.5. The van der Waals surface area contributed by atoms with E-state index in [9.17, 15) is 61.0 Å². The predicted molar refractivity (Wildman–Crippen MR) is 425 cm³/mol. The van der Waals surface area contributed by atoms with Gasteiger partial charge in [0.25, 0.3) is 0 Å². The van der Waals surface area contributed by atoms with E-state index in [0.717, 1.165) is 51.4 Å². The Morgan fingerprint density at radius 1 is 0.340 bits per heavy atom. The quantitative estimate of drug-likeness (QED) is 0.0199. The van der Waals surface area contributed by atoms with Gasteiger partial charge in [0.15, 0.2) is 18.9 Å². The molecule has 0 spiro atoms. The molecule has 3 aliphatic rings. The second kappa shape index (κ2) is 67.0. The van der Waals surface area contributed by atoms with Crippen molar-refractivity contribution in [2.75, 3.05) is 26.4 Å². The number of ether oxygens (including phenoxy) is 6. The Kier molecular flexibility index (Phi) is 61.8. The van der Waals surface area contributed by atoms with Crippen LogP contribution in [0.5, 0.6) is 0 Å². The van der Waals surface area contributed by atoms with Gasteiger partial charge in [-0.2, -0.15) is 0 Å². The first-order valence-electron chi connectivity index (χ1n) is 43.5. The molecule has 17 unspecified atom stereocenters. The largest absolute Gasteiger partial charge is 0.394 e. The maximum absolute atomic E-state index is 13.5. The van der Waals surface area contributed by atoms with Crippen molar-refractivity contribution >= 4 is 5.91 Å². The third kappa shape index (κ3) is 45.9. The topological polar surface area (TPSA) is 307 Å². The molecule has 620 valence electrons. The van der Waals surface area contributed by atoms with Crippen molar-refractivity contribution in [3.8, 4) is 0 Å². The minimum Gasteiger partial charge on any atom is -0.394 e. The highest BCUT2D eigenvalue weighted by molar-refractivity contribution is 5.76. The number of allylic oxidation sites excluding steroid dienone is 9. The van der Waals surface area contributed by atoms with E-state index in [-0.39, 0.29) is 18.9 Å². The molecule has 0 aromatic rings. The molecule has 106 heavy (non-hydrogen) atoms. The molecule has 3 aliphatic heterocycles. The fraction of sp³-hybridized carbons (Fsp3) is 0.874. The first-order valence-corrected chi connectivity index (χ1v) is 43.5. The van der Waals surface area contributed by atoms with Gasteiger partial charge in [0.2, 0.25) is 5.91 Å². The fourth-order valence-corrected chi connectivity index (χ4v) is 14.6. The SMILES string of the molecule is CCCCCCC/C=C\C/C=C\CCCCCCCCCCCCCCCCCCCCCCCCCC(=O)NC(COC1OC(CO)C(OC2OC(CO)C(OC3OC(CO)C(O)C(O)C3O)C(O)C2O)C(O)C1O)C(O)/C=C/CC/C=C/CC/C=C/CCCCCCCCCCCCCCCCCC. The molecule has 0 radical (unpaired) electrons. The Balaban J connectivity index is 1.35. The number of hydrogen-bond acceptors (Lipinski definition) is 18. The summed E-state index contributed by atoms with van der Waals surface area (Å²) in [4.78, 5) is 13.5. The summed E-state index contributed by atoms with van der Waals surface area (Å²) in [5, 5.41) is 121. The van der Waals surface area contributed by atoms with Crippen molar-refractivity contribution in [3.05, 3.63) is 60.8 Å². The van der Waals surface area contributed by atoms with Gasteiger partial charge in [0, 0.05) is 6.42 Å². The van der Waals surface area contributed by atoms with Gasteiger partial charge in [-0.3, -0.25) is 4.79 Å². The van der Waals surface area contributed by atoms with Crippen LogP contribution < -0.4 is 5.32 Å². The lowest BCUT2D eigenvalue weighted by atomic mass is 9.96. The average Bonchev–Trinajstić information content (AvgIpc) is 0.779. The van der Waals surface area contributed by atoms with Gasteiger partial charge in [0.1, 0.15) is 73.2 Å². The van der Waals surface area contributed by atoms with Gasteiger partial charge in [0.05, 0.1) is 38.6 Å². The molecular formula is C87H159NO18. The smallest absolute Gasteiger partial charge is 0.220 e. The highest BCUT2D eigenvalue weighted by Crippen LogP contribution is 2.33. The molecule has 0 aromatic carbocycles. The van der Waals surface area contributed by atoms with Crippen LogP contribution >= 0.6 is 0 Å². The van der Waals surface area contributed by atoms with Gasteiger partial charge >= 0.3 is 0 Å². The van der Waals surface area contributed by atoms with E-state index >= 15 is 0 Å². The standard InChI is InChI=1S/C87H159NO18/c1-3-5-7-9-11-13-15-17-19-21-23-25-27-29-31-32-33-34-35-36-37-38-39-41-43-45-47-49-51-53-55-57-59-61-63-65-75(93)88-70(71(92)64-62-60-58-56-54-52-50-48-46-44-42-40-30-28-26-24-22-20-18-16-14-12-10-8-6-4-2)69-101-85-81(99)78(96)83(73(67-90)103-85)106-87-82(100)79(97)84(74(68-91)104-87)105-86-80(98)77(95)76(94)72(66-89)102-86/h15,17,21,23,46,48,54,56,62,64,70-74,76-87,89-92,94-100H,3-14,16,18-20,22,24-45,47,49-53,55,57-61,63,65-69H2,1-2H3,(H,88,93)/b17-15-,23-21-,48-46+,56-54+,64-62+. The highest BCUT2D eigenvalue weighted by atomic mass is 16.8. The van der Waals surface area contributed by atoms with Crippen molar-refractivity contribution in [1.29, 1.82) is 0 Å². The Bertz CT molecular complexity index is 2150. The molecule has 17 atom stereocenters. The second-order valence-electron chi connectivity index (χ2n) is 31.0. The predicted octanol–water partition coefficient (Wildman–Crippen LogP) is 15.8. The summed E-state index contributed by atoms with van der Waals surface area (Å²) in [7, 11) is 0. The average molecular weight is 1510 g/mol. The van der Waals surface area contributed by atoms with Crippen molar-refractivity contribution < 1.29 is 89.4 Å². The van der Waals surface area contributed by atoms with Crippen molar-refractivity contribution in [1.82, 2.24) is 5.32 Å². The summed E-state index contributed by atoms with van der Waals surface area (Å²) < 4.78 is 34.5. The number of rotatable bonds is 70. The van der Waals surface area contributed by atoms with Crippen LogP contribution in [0, 0.1) is 0 Å². The van der Waals surface area contributed by atoms with Gasteiger partial charge in [-0.05, 0) is 77.0 Å². The normalized spacial score (nSPS) is 25.9. The molecule has 0 aromatic heterocycles. The van der Waals surface area contributed by atoms with E-state index in [2.05, 4.69) is 67.8 Å². The van der Waals surface area contributed by atoms with Gasteiger partial charge in [-0.25, -0.2) is 0 Å². The van der Waals surface area contributed by atoms with Crippen LogP contribution in [0.15, 0.2) is 60.8 Å². The summed E-state index contributed by atoms with van der Waals surface area (Å²) in [5.74, 6) is -0.284. The fourth-order valence-electron chi connectivity index (χ4n) is 14.6. The Morgan fingerprint density at radius 2 is 0.632 bits per heavy atom. The van der Waals surface area contributed by atoms with Gasteiger partial charge in [-0.1, -0.05) is 331 Å². The molecule has 0 saturated carbocycles. The third-order valence-electron chi connectivity index (χ3n) is 21.5. The first-order chi connectivity index (χ1) is 51.8. The number of hydrogen-bond donors (Lipinski definition) is 12. The van der Waals surface area contributed by atoms with Crippen molar-refractivity contribution in [2.24, 2.45) is 0 Å². The highest BCUT2D eigenvalue weighted by Gasteiger charge is 2.54. The molecule has 19 heteroatoms. The Morgan fingerprint density at radius 3 is 1.00 bits per heavy atom. The summed E-state index contributed by atoms with van der Waals surface area (Å²) in [5.41, 5.74) is 0. The zero-order valence-electron chi connectivity index (χ0n) is 66.7. The van der Waals surface area contributed by atoms with Crippen LogP contribution in [0.25, 0.3) is 0 Å². The lowest BCUT2D eigenvalue weighted by Gasteiger charge is -2.48. The van der Waals surface area contributed by atoms with Crippen LogP contribution in [0.4, 0.5) is 0 Å². The number of aliphatic hydroxyl groups excluding tert-OH is 11. The number of carbonyl (C=O) groups is 1. The number of nitrogens with one attached hydrogen (secondary N) is 1. The van der Waals surface area contributed by atoms with Crippen LogP contribution in [-0.2, 0) is 33.2 Å². The number of carbonyl (C=O) groups excluding carboxylic acids is 1. The van der Waals surface area contributed by atoms with Crippen LogP contribution in [0.3, 0.4) is 0 Å². The number of aliphatic hydroxyl groups is 11.